The molecule has 0 saturated heterocycles. The van der Waals surface area contributed by atoms with Crippen molar-refractivity contribution in [2.24, 2.45) is 0 Å². The van der Waals surface area contributed by atoms with Crippen molar-refractivity contribution >= 4 is 77.1 Å². The average molecular weight is 691 g/mol. The molecule has 0 aromatic heterocycles. The number of allylic oxidation sites excluding steroid dienone is 3. The molecule has 0 unspecified atom stereocenters. The summed E-state index contributed by atoms with van der Waals surface area (Å²) in [6.45, 7) is 9.10. The van der Waals surface area contributed by atoms with E-state index in [0.29, 0.717) is 0 Å². The molecule has 0 spiro atoms. The predicted octanol–water partition coefficient (Wildman–Crippen LogP) is 14.7. The quantitative estimate of drug-likeness (QED) is 0.110. The third-order valence-electron chi connectivity index (χ3n) is 10.3. The Bertz CT molecular complexity index is 2850. The van der Waals surface area contributed by atoms with E-state index in [-0.39, 0.29) is 0 Å². The van der Waals surface area contributed by atoms with Crippen LogP contribution >= 0.6 is 0 Å². The van der Waals surface area contributed by atoms with Crippen molar-refractivity contribution in [2.45, 2.75) is 0 Å². The Kier molecular flexibility index (Phi) is 8.55. The molecule has 0 saturated carbocycles. The van der Waals surface area contributed by atoms with Crippen molar-refractivity contribution < 1.29 is 0 Å². The van der Waals surface area contributed by atoms with Crippen LogP contribution in [0.1, 0.15) is 5.56 Å². The molecule has 0 aliphatic carbocycles. The number of hydrogen-bond donors (Lipinski definition) is 0. The summed E-state index contributed by atoms with van der Waals surface area (Å²) in [7, 11) is 0. The standard InChI is InChI=1S/C52H38N2/c1-37(29-30-38(2)53(42-19-5-3-6-20-42)51-35-40-17-9-11-23-45(40)47-25-13-15-27-49(47)51)39-31-33-44(34-32-39)54(43-21-7-4-8-22-43)52-36-41-18-10-12-24-46(41)48-26-14-16-28-50(48)52/h3-36H,1-2H2/b30-29-. The smallest absolute Gasteiger partial charge is 0.0546 e. The van der Waals surface area contributed by atoms with Gasteiger partial charge in [0.1, 0.15) is 0 Å². The number of anilines is 5. The fourth-order valence-electron chi connectivity index (χ4n) is 7.67. The van der Waals surface area contributed by atoms with Gasteiger partial charge in [-0.25, -0.2) is 0 Å². The van der Waals surface area contributed by atoms with Crippen molar-refractivity contribution in [3.63, 3.8) is 0 Å². The van der Waals surface area contributed by atoms with E-state index >= 15 is 0 Å². The molecule has 9 aromatic rings. The summed E-state index contributed by atoms with van der Waals surface area (Å²) in [6.07, 6.45) is 4.15. The summed E-state index contributed by atoms with van der Waals surface area (Å²) in [4.78, 5) is 4.60. The number of benzene rings is 9. The molecule has 2 nitrogen and oxygen atoms in total. The van der Waals surface area contributed by atoms with E-state index in [4.69, 9.17) is 0 Å². The van der Waals surface area contributed by atoms with E-state index in [1.54, 1.807) is 0 Å². The van der Waals surface area contributed by atoms with Gasteiger partial charge in [-0.1, -0.05) is 165 Å². The fourth-order valence-corrected chi connectivity index (χ4v) is 7.67. The van der Waals surface area contributed by atoms with Gasteiger partial charge < -0.3 is 9.80 Å². The van der Waals surface area contributed by atoms with Gasteiger partial charge in [0.15, 0.2) is 0 Å². The highest BCUT2D eigenvalue weighted by molar-refractivity contribution is 6.15. The molecule has 0 amide bonds. The third kappa shape index (κ3) is 6.00. The van der Waals surface area contributed by atoms with Gasteiger partial charge in [-0.05, 0) is 98.1 Å². The number of para-hydroxylation sites is 2. The van der Waals surface area contributed by atoms with Gasteiger partial charge in [0.2, 0.25) is 0 Å². The average Bonchev–Trinajstić information content (AvgIpc) is 3.24. The van der Waals surface area contributed by atoms with Gasteiger partial charge in [0.25, 0.3) is 0 Å². The second-order valence-electron chi connectivity index (χ2n) is 13.6. The first-order valence-corrected chi connectivity index (χ1v) is 18.3. The van der Waals surface area contributed by atoms with Gasteiger partial charge >= 0.3 is 0 Å². The molecule has 0 N–H and O–H groups in total. The minimum Gasteiger partial charge on any atom is -0.310 e. The highest BCUT2D eigenvalue weighted by Crippen LogP contribution is 2.43. The summed E-state index contributed by atoms with van der Waals surface area (Å²) >= 11 is 0. The molecule has 0 atom stereocenters. The Labute approximate surface area is 316 Å². The number of hydrogen-bond acceptors (Lipinski definition) is 2. The second kappa shape index (κ2) is 14.1. The highest BCUT2D eigenvalue weighted by Gasteiger charge is 2.19. The van der Waals surface area contributed by atoms with Gasteiger partial charge in [0, 0.05) is 33.5 Å². The summed E-state index contributed by atoms with van der Waals surface area (Å²) in [6, 6.07) is 68.9. The van der Waals surface area contributed by atoms with Crippen LogP contribution in [0.4, 0.5) is 28.4 Å². The van der Waals surface area contributed by atoms with Gasteiger partial charge in [0.05, 0.1) is 11.4 Å². The number of fused-ring (bicyclic) bond motifs is 6. The van der Waals surface area contributed by atoms with Crippen molar-refractivity contribution in [1.82, 2.24) is 0 Å². The van der Waals surface area contributed by atoms with E-state index in [1.807, 2.05) is 6.07 Å². The summed E-state index contributed by atoms with van der Waals surface area (Å²) < 4.78 is 0. The lowest BCUT2D eigenvalue weighted by atomic mass is 9.98. The van der Waals surface area contributed by atoms with Crippen LogP contribution in [-0.4, -0.2) is 0 Å². The van der Waals surface area contributed by atoms with Crippen molar-refractivity contribution in [1.29, 1.82) is 0 Å². The summed E-state index contributed by atoms with van der Waals surface area (Å²) in [5.41, 5.74) is 8.24. The monoisotopic (exact) mass is 690 g/mol. The lowest BCUT2D eigenvalue weighted by molar-refractivity contribution is 1.23. The first-order valence-electron chi connectivity index (χ1n) is 18.3. The maximum Gasteiger partial charge on any atom is 0.0546 e. The Morgan fingerprint density at radius 3 is 1.37 bits per heavy atom. The topological polar surface area (TPSA) is 6.48 Å². The predicted molar refractivity (Wildman–Crippen MR) is 233 cm³/mol. The molecular formula is C52H38N2. The maximum atomic E-state index is 4.60. The zero-order chi connectivity index (χ0) is 36.4. The number of rotatable bonds is 9. The zero-order valence-electron chi connectivity index (χ0n) is 29.9. The minimum absolute atomic E-state index is 0.845. The molecule has 256 valence electrons. The summed E-state index contributed by atoms with van der Waals surface area (Å²) in [5.74, 6) is 0. The zero-order valence-corrected chi connectivity index (χ0v) is 29.9. The molecule has 9 aromatic carbocycles. The molecule has 0 fully saturated rings. The van der Waals surface area contributed by atoms with Gasteiger partial charge in [-0.15, -0.1) is 0 Å². The molecule has 0 bridgehead atoms. The molecule has 2 heteroatoms. The van der Waals surface area contributed by atoms with Gasteiger partial charge in [-0.3, -0.25) is 0 Å². The Morgan fingerprint density at radius 1 is 0.370 bits per heavy atom. The second-order valence-corrected chi connectivity index (χ2v) is 13.6. The normalized spacial score (nSPS) is 11.4. The van der Waals surface area contributed by atoms with Crippen LogP contribution < -0.4 is 9.80 Å². The maximum absolute atomic E-state index is 4.60. The molecule has 0 aliphatic heterocycles. The molecule has 0 radical (unpaired) electrons. The first-order chi connectivity index (χ1) is 26.6. The van der Waals surface area contributed by atoms with Crippen LogP contribution in [-0.2, 0) is 0 Å². The molecular weight excluding hydrogens is 653 g/mol. The lowest BCUT2D eigenvalue weighted by Gasteiger charge is -2.28. The summed E-state index contributed by atoms with van der Waals surface area (Å²) in [5, 5.41) is 9.73. The molecule has 0 aliphatic rings. The number of nitrogens with zero attached hydrogens (tertiary/aromatic N) is 2. The fraction of sp³-hybridized carbons (Fsp3) is 0. The van der Waals surface area contributed by atoms with Crippen LogP contribution in [0, 0.1) is 0 Å². The van der Waals surface area contributed by atoms with E-state index in [1.165, 1.54) is 43.1 Å². The largest absolute Gasteiger partial charge is 0.310 e. The van der Waals surface area contributed by atoms with Gasteiger partial charge in [-0.2, -0.15) is 0 Å². The van der Waals surface area contributed by atoms with Crippen LogP contribution in [0.2, 0.25) is 0 Å². The van der Waals surface area contributed by atoms with Crippen LogP contribution in [0.5, 0.6) is 0 Å². The third-order valence-corrected chi connectivity index (χ3v) is 10.3. The molecule has 9 rings (SSSR count). The van der Waals surface area contributed by atoms with E-state index < -0.39 is 0 Å². The van der Waals surface area contributed by atoms with E-state index in [9.17, 15) is 0 Å². The Morgan fingerprint density at radius 2 is 0.796 bits per heavy atom. The highest BCUT2D eigenvalue weighted by atomic mass is 15.1. The Balaban J connectivity index is 1.07. The van der Waals surface area contributed by atoms with E-state index in [0.717, 1.165) is 45.3 Å². The van der Waals surface area contributed by atoms with Crippen molar-refractivity contribution in [3.05, 3.63) is 231 Å². The SMILES string of the molecule is C=C(/C=C\C(=C)N(c1ccccc1)c1cc2ccccc2c2ccccc12)c1ccc(N(c2ccccc2)c2cc3ccccc3c3ccccc23)cc1. The lowest BCUT2D eigenvalue weighted by Crippen LogP contribution is -2.14. The Hall–Kier alpha value is -7.16. The van der Waals surface area contributed by atoms with Crippen molar-refractivity contribution in [2.75, 3.05) is 9.80 Å². The first kappa shape index (κ1) is 32.7. The molecule has 54 heavy (non-hydrogen) atoms. The van der Waals surface area contributed by atoms with Crippen LogP contribution in [0.3, 0.4) is 0 Å². The molecule has 0 heterocycles. The minimum atomic E-state index is 0.845. The van der Waals surface area contributed by atoms with Crippen LogP contribution in [0.25, 0.3) is 48.7 Å². The van der Waals surface area contributed by atoms with E-state index in [2.05, 4.69) is 223 Å². The van der Waals surface area contributed by atoms with Crippen molar-refractivity contribution in [3.8, 4) is 0 Å². The van der Waals surface area contributed by atoms with Crippen LogP contribution in [0.15, 0.2) is 225 Å².